The van der Waals surface area contributed by atoms with Crippen LogP contribution in [0.25, 0.3) is 0 Å². The first-order valence-electron chi connectivity index (χ1n) is 6.72. The molecule has 0 aromatic rings. The van der Waals surface area contributed by atoms with Gasteiger partial charge < -0.3 is 10.2 Å². The molecule has 0 spiro atoms. The molecule has 0 aromatic carbocycles. The molecule has 1 amide bonds. The number of nitrogens with zero attached hydrogens (tertiary/aromatic N) is 1. The van der Waals surface area contributed by atoms with Gasteiger partial charge in [-0.3, -0.25) is 4.79 Å². The standard InChI is InChI=1S/C13H24N2OS2/c1-13(2)9-17-8-11(14-3)12(16)15(13)7-10-5-4-6-18-10/h10-11,14H,4-9H2,1-3H3. The number of amides is 1. The van der Waals surface area contributed by atoms with Gasteiger partial charge >= 0.3 is 0 Å². The van der Waals surface area contributed by atoms with Gasteiger partial charge in [0.2, 0.25) is 5.91 Å². The summed E-state index contributed by atoms with van der Waals surface area (Å²) in [6.45, 7) is 5.33. The lowest BCUT2D eigenvalue weighted by atomic mass is 10.0. The van der Waals surface area contributed by atoms with Crippen molar-refractivity contribution in [1.82, 2.24) is 10.2 Å². The molecule has 2 aliphatic rings. The van der Waals surface area contributed by atoms with E-state index in [2.05, 4.69) is 24.1 Å². The minimum atomic E-state index is -0.0174. The van der Waals surface area contributed by atoms with Crippen molar-refractivity contribution in [2.75, 3.05) is 30.9 Å². The molecule has 2 rings (SSSR count). The normalized spacial score (nSPS) is 32.6. The van der Waals surface area contributed by atoms with E-state index in [1.165, 1.54) is 18.6 Å². The van der Waals surface area contributed by atoms with E-state index in [1.807, 2.05) is 30.6 Å². The van der Waals surface area contributed by atoms with E-state index >= 15 is 0 Å². The minimum Gasteiger partial charge on any atom is -0.334 e. The average Bonchev–Trinajstić information content (AvgIpc) is 2.80. The molecule has 2 saturated heterocycles. The summed E-state index contributed by atoms with van der Waals surface area (Å²) in [5.41, 5.74) is -0.0174. The van der Waals surface area contributed by atoms with Crippen molar-refractivity contribution in [1.29, 1.82) is 0 Å². The van der Waals surface area contributed by atoms with Gasteiger partial charge in [0.15, 0.2) is 0 Å². The first-order chi connectivity index (χ1) is 8.54. The van der Waals surface area contributed by atoms with E-state index in [-0.39, 0.29) is 11.6 Å². The van der Waals surface area contributed by atoms with Crippen LogP contribution in [0.2, 0.25) is 0 Å². The number of rotatable bonds is 3. The van der Waals surface area contributed by atoms with Crippen LogP contribution in [-0.4, -0.2) is 58.5 Å². The Morgan fingerprint density at radius 1 is 1.50 bits per heavy atom. The number of likely N-dealkylation sites (N-methyl/N-ethyl adjacent to an activating group) is 1. The summed E-state index contributed by atoms with van der Waals surface area (Å²) < 4.78 is 0. The highest BCUT2D eigenvalue weighted by molar-refractivity contribution is 8.00. The van der Waals surface area contributed by atoms with E-state index in [0.29, 0.717) is 11.2 Å². The lowest BCUT2D eigenvalue weighted by molar-refractivity contribution is -0.137. The van der Waals surface area contributed by atoms with Gasteiger partial charge in [0.1, 0.15) is 0 Å². The van der Waals surface area contributed by atoms with Crippen molar-refractivity contribution in [3.8, 4) is 0 Å². The molecule has 5 heteroatoms. The lowest BCUT2D eigenvalue weighted by Gasteiger charge is -2.39. The summed E-state index contributed by atoms with van der Waals surface area (Å²) in [6.07, 6.45) is 2.57. The average molecular weight is 288 g/mol. The van der Waals surface area contributed by atoms with Crippen LogP contribution >= 0.6 is 23.5 Å². The molecule has 104 valence electrons. The largest absolute Gasteiger partial charge is 0.334 e. The summed E-state index contributed by atoms with van der Waals surface area (Å²) in [4.78, 5) is 14.8. The van der Waals surface area contributed by atoms with Crippen molar-refractivity contribution >= 4 is 29.4 Å². The summed E-state index contributed by atoms with van der Waals surface area (Å²) in [6, 6.07) is -0.0109. The predicted molar refractivity (Wildman–Crippen MR) is 81.4 cm³/mol. The first kappa shape index (κ1) is 14.5. The van der Waals surface area contributed by atoms with Crippen LogP contribution in [0.1, 0.15) is 26.7 Å². The van der Waals surface area contributed by atoms with Gasteiger partial charge in [0.05, 0.1) is 6.04 Å². The zero-order valence-corrected chi connectivity index (χ0v) is 13.2. The maximum Gasteiger partial charge on any atom is 0.241 e. The highest BCUT2D eigenvalue weighted by atomic mass is 32.2. The van der Waals surface area contributed by atoms with E-state index < -0.39 is 0 Å². The number of hydrogen-bond donors (Lipinski definition) is 1. The number of hydrogen-bond acceptors (Lipinski definition) is 4. The third-order valence-corrected chi connectivity index (χ3v) is 6.65. The molecule has 0 saturated carbocycles. The van der Waals surface area contributed by atoms with Crippen molar-refractivity contribution in [2.45, 2.75) is 43.5 Å². The summed E-state index contributed by atoms with van der Waals surface area (Å²) in [7, 11) is 1.89. The third-order valence-electron chi connectivity index (χ3n) is 3.79. The van der Waals surface area contributed by atoms with Gasteiger partial charge in [-0.15, -0.1) is 0 Å². The van der Waals surface area contributed by atoms with Crippen LogP contribution in [0, 0.1) is 0 Å². The van der Waals surface area contributed by atoms with Crippen LogP contribution in [0.15, 0.2) is 0 Å². The molecule has 2 heterocycles. The highest BCUT2D eigenvalue weighted by Crippen LogP contribution is 2.32. The zero-order valence-electron chi connectivity index (χ0n) is 11.6. The molecule has 0 aliphatic carbocycles. The smallest absolute Gasteiger partial charge is 0.241 e. The monoisotopic (exact) mass is 288 g/mol. The second kappa shape index (κ2) is 6.06. The van der Waals surface area contributed by atoms with E-state index in [9.17, 15) is 4.79 Å². The molecule has 2 aliphatic heterocycles. The first-order valence-corrected chi connectivity index (χ1v) is 8.93. The second-order valence-electron chi connectivity index (χ2n) is 5.75. The summed E-state index contributed by atoms with van der Waals surface area (Å²) in [5, 5.41) is 3.81. The fourth-order valence-electron chi connectivity index (χ4n) is 2.60. The maximum absolute atomic E-state index is 12.6. The Morgan fingerprint density at radius 3 is 2.89 bits per heavy atom. The topological polar surface area (TPSA) is 32.3 Å². The van der Waals surface area contributed by atoms with Crippen LogP contribution in [0.3, 0.4) is 0 Å². The molecule has 0 bridgehead atoms. The highest BCUT2D eigenvalue weighted by Gasteiger charge is 2.38. The molecule has 2 fully saturated rings. The number of thioether (sulfide) groups is 2. The molecule has 1 N–H and O–H groups in total. The van der Waals surface area contributed by atoms with Crippen molar-refractivity contribution in [2.24, 2.45) is 0 Å². The Hall–Kier alpha value is 0.130. The van der Waals surface area contributed by atoms with E-state index in [4.69, 9.17) is 0 Å². The van der Waals surface area contributed by atoms with Crippen molar-refractivity contribution in [3.05, 3.63) is 0 Å². The number of nitrogens with one attached hydrogen (secondary N) is 1. The summed E-state index contributed by atoms with van der Waals surface area (Å²) >= 11 is 3.92. The van der Waals surface area contributed by atoms with Gasteiger partial charge in [-0.2, -0.15) is 23.5 Å². The summed E-state index contributed by atoms with van der Waals surface area (Å²) in [5.74, 6) is 3.48. The van der Waals surface area contributed by atoms with Crippen molar-refractivity contribution < 1.29 is 4.79 Å². The maximum atomic E-state index is 12.6. The fourth-order valence-corrected chi connectivity index (χ4v) is 5.17. The fraction of sp³-hybridized carbons (Fsp3) is 0.923. The Morgan fingerprint density at radius 2 is 2.28 bits per heavy atom. The Bertz CT molecular complexity index is 303. The molecule has 2 unspecified atom stereocenters. The molecular formula is C13H24N2OS2. The third kappa shape index (κ3) is 3.17. The van der Waals surface area contributed by atoms with Gasteiger partial charge in [-0.05, 0) is 39.5 Å². The Labute approximate surface area is 119 Å². The predicted octanol–water partition coefficient (Wildman–Crippen LogP) is 1.82. The minimum absolute atomic E-state index is 0.0109. The quantitative estimate of drug-likeness (QED) is 0.859. The van der Waals surface area contributed by atoms with Crippen LogP contribution in [-0.2, 0) is 4.79 Å². The molecule has 18 heavy (non-hydrogen) atoms. The van der Waals surface area contributed by atoms with Gasteiger partial charge in [-0.25, -0.2) is 0 Å². The molecular weight excluding hydrogens is 264 g/mol. The number of carbonyl (C=O) groups excluding carboxylic acids is 1. The zero-order chi connectivity index (χ0) is 13.2. The Balaban J connectivity index is 2.11. The number of carbonyl (C=O) groups is 1. The SMILES string of the molecule is CNC1CSCC(C)(C)N(CC2CCCS2)C1=O. The second-order valence-corrected chi connectivity index (χ2v) is 8.19. The van der Waals surface area contributed by atoms with E-state index in [0.717, 1.165) is 18.1 Å². The molecule has 2 atom stereocenters. The molecule has 0 aromatic heterocycles. The van der Waals surface area contributed by atoms with E-state index in [1.54, 1.807) is 0 Å². The van der Waals surface area contributed by atoms with Gasteiger partial charge in [0.25, 0.3) is 0 Å². The molecule has 3 nitrogen and oxygen atoms in total. The van der Waals surface area contributed by atoms with Crippen LogP contribution in [0.5, 0.6) is 0 Å². The van der Waals surface area contributed by atoms with Gasteiger partial charge in [0, 0.05) is 28.8 Å². The lowest BCUT2D eigenvalue weighted by Crippen LogP contribution is -2.55. The van der Waals surface area contributed by atoms with Crippen LogP contribution in [0.4, 0.5) is 0 Å². The Kier molecular flexibility index (Phi) is 4.89. The molecule has 0 radical (unpaired) electrons. The van der Waals surface area contributed by atoms with Gasteiger partial charge in [-0.1, -0.05) is 0 Å². The van der Waals surface area contributed by atoms with Crippen molar-refractivity contribution in [3.63, 3.8) is 0 Å². The van der Waals surface area contributed by atoms with Crippen LogP contribution < -0.4 is 5.32 Å².